The molecule has 0 saturated carbocycles. The van der Waals surface area contributed by atoms with Gasteiger partial charge in [0.1, 0.15) is 0 Å². The fraction of sp³-hybridized carbons (Fsp3) is 0.846. The van der Waals surface area contributed by atoms with Gasteiger partial charge in [-0.3, -0.25) is 4.79 Å². The van der Waals surface area contributed by atoms with Gasteiger partial charge in [0.2, 0.25) is 0 Å². The number of urea groups is 1. The highest BCUT2D eigenvalue weighted by molar-refractivity contribution is 7.99. The van der Waals surface area contributed by atoms with Gasteiger partial charge in [0, 0.05) is 19.6 Å². The van der Waals surface area contributed by atoms with Gasteiger partial charge >= 0.3 is 12.0 Å². The molecule has 0 aromatic carbocycles. The molecule has 114 valence electrons. The molecule has 2 saturated heterocycles. The molecule has 1 unspecified atom stereocenters. The number of morpholine rings is 1. The summed E-state index contributed by atoms with van der Waals surface area (Å²) in [5, 5.41) is 11.7. The minimum Gasteiger partial charge on any atom is -0.481 e. The number of carbonyl (C=O) groups is 2. The van der Waals surface area contributed by atoms with Crippen molar-refractivity contribution < 1.29 is 19.4 Å². The molecule has 0 bridgehead atoms. The summed E-state index contributed by atoms with van der Waals surface area (Å²) in [7, 11) is 0. The number of rotatable bonds is 4. The van der Waals surface area contributed by atoms with E-state index < -0.39 is 12.1 Å². The van der Waals surface area contributed by atoms with Crippen molar-refractivity contribution in [2.45, 2.75) is 25.4 Å². The predicted octanol–water partition coefficient (Wildman–Crippen LogP) is 1.01. The number of hydrogen-bond acceptors (Lipinski definition) is 4. The molecular weight excluding hydrogens is 280 g/mol. The fourth-order valence-corrected chi connectivity index (χ4v) is 3.72. The topological polar surface area (TPSA) is 78.9 Å². The third-order valence-corrected chi connectivity index (χ3v) is 4.76. The molecule has 2 aliphatic rings. The number of thioether (sulfide) groups is 1. The Morgan fingerprint density at radius 3 is 2.80 bits per heavy atom. The standard InChI is InChI=1S/C13H22N2O4S/c16-12(17)7-11-9-15(3-4-19-11)13(18)14-8-10-1-5-20-6-2-10/h10-11H,1-9H2,(H,14,18)(H,16,17). The first-order valence-corrected chi connectivity index (χ1v) is 8.24. The summed E-state index contributed by atoms with van der Waals surface area (Å²) in [6.45, 7) is 2.02. The smallest absolute Gasteiger partial charge is 0.317 e. The molecule has 0 aliphatic carbocycles. The molecule has 2 rings (SSSR count). The molecular formula is C13H22N2O4S. The number of aliphatic carboxylic acids is 1. The monoisotopic (exact) mass is 302 g/mol. The number of nitrogens with zero attached hydrogens (tertiary/aromatic N) is 1. The lowest BCUT2D eigenvalue weighted by molar-refractivity contribution is -0.141. The highest BCUT2D eigenvalue weighted by atomic mass is 32.2. The Kier molecular flexibility index (Phi) is 5.97. The summed E-state index contributed by atoms with van der Waals surface area (Å²) in [5.41, 5.74) is 0. The van der Waals surface area contributed by atoms with E-state index in [0.717, 1.165) is 19.4 Å². The van der Waals surface area contributed by atoms with Crippen LogP contribution in [0.5, 0.6) is 0 Å². The second-order valence-electron chi connectivity index (χ2n) is 5.28. The third-order valence-electron chi connectivity index (χ3n) is 3.71. The quantitative estimate of drug-likeness (QED) is 0.810. The third kappa shape index (κ3) is 4.86. The average molecular weight is 302 g/mol. The zero-order chi connectivity index (χ0) is 14.4. The molecule has 0 aromatic heterocycles. The molecule has 6 nitrogen and oxygen atoms in total. The lowest BCUT2D eigenvalue weighted by Gasteiger charge is -2.33. The number of carboxylic acids is 1. The molecule has 2 fully saturated rings. The van der Waals surface area contributed by atoms with Crippen molar-refractivity contribution in [3.05, 3.63) is 0 Å². The molecule has 2 amide bonds. The average Bonchev–Trinajstić information content (AvgIpc) is 2.45. The Hall–Kier alpha value is -0.950. The second kappa shape index (κ2) is 7.73. The van der Waals surface area contributed by atoms with Gasteiger partial charge in [0.25, 0.3) is 0 Å². The first-order chi connectivity index (χ1) is 9.65. The Labute approximate surface area is 123 Å². The van der Waals surface area contributed by atoms with Crippen molar-refractivity contribution in [1.82, 2.24) is 10.2 Å². The van der Waals surface area contributed by atoms with Crippen LogP contribution in [-0.4, -0.2) is 65.9 Å². The normalized spacial score (nSPS) is 24.4. The summed E-state index contributed by atoms with van der Waals surface area (Å²) in [6, 6.07) is -0.0954. The zero-order valence-corrected chi connectivity index (χ0v) is 12.4. The maximum Gasteiger partial charge on any atom is 0.317 e. The van der Waals surface area contributed by atoms with Gasteiger partial charge in [-0.1, -0.05) is 0 Å². The van der Waals surface area contributed by atoms with Crippen LogP contribution in [0.3, 0.4) is 0 Å². The van der Waals surface area contributed by atoms with Crippen LogP contribution >= 0.6 is 11.8 Å². The van der Waals surface area contributed by atoms with E-state index in [1.807, 2.05) is 11.8 Å². The number of carboxylic acid groups (broad SMARTS) is 1. The Balaban J connectivity index is 1.72. The Morgan fingerprint density at radius 1 is 1.35 bits per heavy atom. The van der Waals surface area contributed by atoms with Crippen LogP contribution in [-0.2, 0) is 9.53 Å². The SMILES string of the molecule is O=C(O)CC1CN(C(=O)NCC2CCSCC2)CCO1. The molecule has 2 aliphatic heterocycles. The van der Waals surface area contributed by atoms with Crippen molar-refractivity contribution in [2.75, 3.05) is 37.7 Å². The Morgan fingerprint density at radius 2 is 2.10 bits per heavy atom. The molecule has 2 N–H and O–H groups in total. The van der Waals surface area contributed by atoms with Gasteiger partial charge in [-0.25, -0.2) is 4.79 Å². The second-order valence-corrected chi connectivity index (χ2v) is 6.50. The van der Waals surface area contributed by atoms with Gasteiger partial charge < -0.3 is 20.1 Å². The molecule has 20 heavy (non-hydrogen) atoms. The lowest BCUT2D eigenvalue weighted by atomic mass is 10.0. The zero-order valence-electron chi connectivity index (χ0n) is 11.5. The number of ether oxygens (including phenoxy) is 1. The largest absolute Gasteiger partial charge is 0.481 e. The van der Waals surface area contributed by atoms with E-state index >= 15 is 0 Å². The first-order valence-electron chi connectivity index (χ1n) is 7.09. The molecule has 2 heterocycles. The van der Waals surface area contributed by atoms with E-state index in [1.165, 1.54) is 11.5 Å². The van der Waals surface area contributed by atoms with Crippen LogP contribution in [0, 0.1) is 5.92 Å². The number of carbonyl (C=O) groups excluding carboxylic acids is 1. The maximum absolute atomic E-state index is 12.1. The fourth-order valence-electron chi connectivity index (χ4n) is 2.52. The minimum atomic E-state index is -0.892. The molecule has 0 radical (unpaired) electrons. The molecule has 1 atom stereocenters. The number of amides is 2. The van der Waals surface area contributed by atoms with Gasteiger partial charge in [-0.05, 0) is 30.3 Å². The van der Waals surface area contributed by atoms with Crippen LogP contribution in [0.15, 0.2) is 0 Å². The van der Waals surface area contributed by atoms with Crippen molar-refractivity contribution in [3.63, 3.8) is 0 Å². The van der Waals surface area contributed by atoms with Gasteiger partial charge in [0.15, 0.2) is 0 Å². The van der Waals surface area contributed by atoms with Gasteiger partial charge in [-0.2, -0.15) is 11.8 Å². The van der Waals surface area contributed by atoms with E-state index in [1.54, 1.807) is 4.90 Å². The maximum atomic E-state index is 12.1. The van der Waals surface area contributed by atoms with Crippen molar-refractivity contribution in [2.24, 2.45) is 5.92 Å². The van der Waals surface area contributed by atoms with E-state index in [0.29, 0.717) is 25.6 Å². The minimum absolute atomic E-state index is 0.0520. The lowest BCUT2D eigenvalue weighted by Crippen LogP contribution is -2.50. The summed E-state index contributed by atoms with van der Waals surface area (Å²) < 4.78 is 5.36. The van der Waals surface area contributed by atoms with Crippen LogP contribution in [0.4, 0.5) is 4.79 Å². The summed E-state index contributed by atoms with van der Waals surface area (Å²) in [6.07, 6.45) is 1.88. The molecule has 0 aromatic rings. The van der Waals surface area contributed by atoms with Crippen molar-refractivity contribution in [1.29, 1.82) is 0 Å². The summed E-state index contributed by atoms with van der Waals surface area (Å²) >= 11 is 1.97. The molecule has 0 spiro atoms. The number of hydrogen-bond donors (Lipinski definition) is 2. The Bertz CT molecular complexity index is 347. The predicted molar refractivity (Wildman–Crippen MR) is 77.0 cm³/mol. The van der Waals surface area contributed by atoms with Gasteiger partial charge in [0.05, 0.1) is 19.1 Å². The highest BCUT2D eigenvalue weighted by Crippen LogP contribution is 2.22. The van der Waals surface area contributed by atoms with E-state index in [-0.39, 0.29) is 12.5 Å². The van der Waals surface area contributed by atoms with E-state index in [9.17, 15) is 9.59 Å². The molecule has 7 heteroatoms. The highest BCUT2D eigenvalue weighted by Gasteiger charge is 2.26. The van der Waals surface area contributed by atoms with Gasteiger partial charge in [-0.15, -0.1) is 0 Å². The first kappa shape index (κ1) is 15.4. The van der Waals surface area contributed by atoms with E-state index in [4.69, 9.17) is 9.84 Å². The summed E-state index contributed by atoms with van der Waals surface area (Å²) in [4.78, 5) is 24.4. The van der Waals surface area contributed by atoms with Crippen LogP contribution in [0.2, 0.25) is 0 Å². The van der Waals surface area contributed by atoms with Crippen molar-refractivity contribution >= 4 is 23.8 Å². The van der Waals surface area contributed by atoms with E-state index in [2.05, 4.69) is 5.32 Å². The van der Waals surface area contributed by atoms with Crippen molar-refractivity contribution in [3.8, 4) is 0 Å². The van der Waals surface area contributed by atoms with Crippen LogP contribution in [0.1, 0.15) is 19.3 Å². The summed E-state index contributed by atoms with van der Waals surface area (Å²) in [5.74, 6) is 2.05. The van der Waals surface area contributed by atoms with Crippen LogP contribution in [0.25, 0.3) is 0 Å². The van der Waals surface area contributed by atoms with Crippen LogP contribution < -0.4 is 5.32 Å². The number of nitrogens with one attached hydrogen (secondary N) is 1.